The lowest BCUT2D eigenvalue weighted by molar-refractivity contribution is 0.101. The van der Waals surface area contributed by atoms with E-state index < -0.39 is 6.10 Å². The quantitative estimate of drug-likeness (QED) is 0.811. The lowest BCUT2D eigenvalue weighted by atomic mass is 9.95. The van der Waals surface area contributed by atoms with Crippen LogP contribution in [-0.2, 0) is 6.42 Å². The van der Waals surface area contributed by atoms with Crippen molar-refractivity contribution < 1.29 is 9.84 Å². The molecule has 2 bridgehead atoms. The largest absolute Gasteiger partial charge is 0.491 e. The van der Waals surface area contributed by atoms with E-state index in [4.69, 9.17) is 4.74 Å². The molecule has 3 nitrogen and oxygen atoms in total. The second kappa shape index (κ2) is 6.80. The molecule has 116 valence electrons. The summed E-state index contributed by atoms with van der Waals surface area (Å²) in [5.41, 5.74) is 1.27. The van der Waals surface area contributed by atoms with Crippen LogP contribution >= 0.6 is 0 Å². The summed E-state index contributed by atoms with van der Waals surface area (Å²) in [6.45, 7) is 3.13. The highest BCUT2D eigenvalue weighted by Crippen LogP contribution is 2.44. The molecular formula is C18H27NO2. The van der Waals surface area contributed by atoms with Crippen LogP contribution in [0.25, 0.3) is 0 Å². The predicted molar refractivity (Wildman–Crippen MR) is 84.6 cm³/mol. The fourth-order valence-electron chi connectivity index (χ4n) is 3.89. The molecular weight excluding hydrogens is 262 g/mol. The number of benzene rings is 1. The zero-order chi connectivity index (χ0) is 14.7. The third-order valence-electron chi connectivity index (χ3n) is 5.10. The normalized spacial score (nSPS) is 28.8. The Bertz CT molecular complexity index is 462. The second-order valence-corrected chi connectivity index (χ2v) is 6.66. The first-order chi connectivity index (χ1) is 10.2. The van der Waals surface area contributed by atoms with Crippen LogP contribution in [0.1, 0.15) is 38.2 Å². The molecule has 2 N–H and O–H groups in total. The summed E-state index contributed by atoms with van der Waals surface area (Å²) >= 11 is 0. The highest BCUT2D eigenvalue weighted by atomic mass is 16.5. The molecule has 0 heterocycles. The van der Waals surface area contributed by atoms with E-state index in [0.29, 0.717) is 19.2 Å². The number of fused-ring (bicyclic) bond motifs is 2. The van der Waals surface area contributed by atoms with E-state index in [9.17, 15) is 5.11 Å². The van der Waals surface area contributed by atoms with Gasteiger partial charge in [0.05, 0.1) is 0 Å². The minimum absolute atomic E-state index is 0.362. The number of aliphatic hydroxyl groups excluding tert-OH is 1. The Labute approximate surface area is 127 Å². The molecule has 1 aromatic rings. The van der Waals surface area contributed by atoms with Crippen LogP contribution in [0.3, 0.4) is 0 Å². The first-order valence-electron chi connectivity index (χ1n) is 8.37. The monoisotopic (exact) mass is 289 g/mol. The van der Waals surface area contributed by atoms with Crippen molar-refractivity contribution in [3.8, 4) is 5.75 Å². The van der Waals surface area contributed by atoms with Gasteiger partial charge in [0.2, 0.25) is 0 Å². The fourth-order valence-corrected chi connectivity index (χ4v) is 3.89. The SMILES string of the molecule is CCc1cccc(OCC(O)CNC2CC3CCC2C3)c1. The lowest BCUT2D eigenvalue weighted by Crippen LogP contribution is -2.40. The van der Waals surface area contributed by atoms with Crippen LogP contribution in [0.5, 0.6) is 5.75 Å². The van der Waals surface area contributed by atoms with Gasteiger partial charge >= 0.3 is 0 Å². The zero-order valence-electron chi connectivity index (χ0n) is 12.9. The molecule has 3 rings (SSSR count). The minimum atomic E-state index is -0.436. The van der Waals surface area contributed by atoms with E-state index in [2.05, 4.69) is 24.4 Å². The molecule has 2 fully saturated rings. The Kier molecular flexibility index (Phi) is 4.81. The van der Waals surface area contributed by atoms with Gasteiger partial charge in [-0.3, -0.25) is 0 Å². The van der Waals surface area contributed by atoms with Gasteiger partial charge in [-0.05, 0) is 55.2 Å². The van der Waals surface area contributed by atoms with E-state index in [1.807, 2.05) is 12.1 Å². The standard InChI is InChI=1S/C18H27NO2/c1-2-13-4-3-5-17(9-13)21-12-16(20)11-19-18-10-14-6-7-15(18)8-14/h3-5,9,14-16,18-20H,2,6-8,10-12H2,1H3. The second-order valence-electron chi connectivity index (χ2n) is 6.66. The highest BCUT2D eigenvalue weighted by molar-refractivity contribution is 5.28. The summed E-state index contributed by atoms with van der Waals surface area (Å²) in [6, 6.07) is 8.74. The maximum absolute atomic E-state index is 10.1. The first-order valence-corrected chi connectivity index (χ1v) is 8.37. The molecule has 21 heavy (non-hydrogen) atoms. The third-order valence-corrected chi connectivity index (χ3v) is 5.10. The average molecular weight is 289 g/mol. The van der Waals surface area contributed by atoms with Crippen LogP contribution in [0.4, 0.5) is 0 Å². The maximum Gasteiger partial charge on any atom is 0.119 e. The van der Waals surface area contributed by atoms with Crippen molar-refractivity contribution in [2.75, 3.05) is 13.2 Å². The topological polar surface area (TPSA) is 41.5 Å². The van der Waals surface area contributed by atoms with Gasteiger partial charge < -0.3 is 15.2 Å². The van der Waals surface area contributed by atoms with Crippen LogP contribution in [-0.4, -0.2) is 30.4 Å². The van der Waals surface area contributed by atoms with Crippen molar-refractivity contribution in [3.63, 3.8) is 0 Å². The van der Waals surface area contributed by atoms with Crippen molar-refractivity contribution in [2.24, 2.45) is 11.8 Å². The summed E-state index contributed by atoms with van der Waals surface area (Å²) in [7, 11) is 0. The molecule has 0 aliphatic heterocycles. The summed E-state index contributed by atoms with van der Waals surface area (Å²) in [5.74, 6) is 2.65. The van der Waals surface area contributed by atoms with Crippen molar-refractivity contribution in [1.82, 2.24) is 5.32 Å². The van der Waals surface area contributed by atoms with E-state index in [0.717, 1.165) is 24.0 Å². The Morgan fingerprint density at radius 3 is 2.95 bits per heavy atom. The molecule has 4 unspecified atom stereocenters. The fraction of sp³-hybridized carbons (Fsp3) is 0.667. The molecule has 2 aliphatic rings. The third kappa shape index (κ3) is 3.78. The summed E-state index contributed by atoms with van der Waals surface area (Å²) in [5, 5.41) is 13.6. The maximum atomic E-state index is 10.1. The number of nitrogens with one attached hydrogen (secondary N) is 1. The number of ether oxygens (including phenoxy) is 1. The molecule has 4 atom stereocenters. The van der Waals surface area contributed by atoms with Crippen LogP contribution in [0.2, 0.25) is 0 Å². The number of rotatable bonds is 7. The molecule has 2 aliphatic carbocycles. The van der Waals surface area contributed by atoms with E-state index >= 15 is 0 Å². The smallest absolute Gasteiger partial charge is 0.119 e. The van der Waals surface area contributed by atoms with Crippen LogP contribution < -0.4 is 10.1 Å². The number of hydrogen-bond acceptors (Lipinski definition) is 3. The summed E-state index contributed by atoms with van der Waals surface area (Å²) < 4.78 is 5.70. The molecule has 1 aromatic carbocycles. The van der Waals surface area contributed by atoms with Gasteiger partial charge in [-0.25, -0.2) is 0 Å². The number of hydrogen-bond donors (Lipinski definition) is 2. The molecule has 0 aromatic heterocycles. The number of aryl methyl sites for hydroxylation is 1. The van der Waals surface area contributed by atoms with E-state index in [1.165, 1.54) is 31.2 Å². The van der Waals surface area contributed by atoms with Crippen molar-refractivity contribution in [2.45, 2.75) is 51.2 Å². The van der Waals surface area contributed by atoms with Crippen molar-refractivity contribution in [3.05, 3.63) is 29.8 Å². The molecule has 0 amide bonds. The molecule has 0 saturated heterocycles. The van der Waals surface area contributed by atoms with Crippen LogP contribution in [0.15, 0.2) is 24.3 Å². The molecule has 2 saturated carbocycles. The summed E-state index contributed by atoms with van der Waals surface area (Å²) in [4.78, 5) is 0. The predicted octanol–water partition coefficient (Wildman–Crippen LogP) is 2.77. The van der Waals surface area contributed by atoms with Crippen LogP contribution in [0, 0.1) is 11.8 Å². The highest BCUT2D eigenvalue weighted by Gasteiger charge is 2.39. The summed E-state index contributed by atoms with van der Waals surface area (Å²) in [6.07, 6.45) is 6.06. The van der Waals surface area contributed by atoms with E-state index in [1.54, 1.807) is 0 Å². The zero-order valence-corrected chi connectivity index (χ0v) is 12.9. The molecule has 0 radical (unpaired) electrons. The Balaban J connectivity index is 1.39. The van der Waals surface area contributed by atoms with Gasteiger partial charge in [-0.15, -0.1) is 0 Å². The van der Waals surface area contributed by atoms with Gasteiger partial charge in [0.25, 0.3) is 0 Å². The Morgan fingerprint density at radius 1 is 1.33 bits per heavy atom. The minimum Gasteiger partial charge on any atom is -0.491 e. The van der Waals surface area contributed by atoms with Crippen molar-refractivity contribution in [1.29, 1.82) is 0 Å². The Hall–Kier alpha value is -1.06. The van der Waals surface area contributed by atoms with Gasteiger partial charge in [0.15, 0.2) is 0 Å². The average Bonchev–Trinajstić information content (AvgIpc) is 3.14. The van der Waals surface area contributed by atoms with Gasteiger partial charge in [0.1, 0.15) is 18.5 Å². The first kappa shape index (κ1) is 14.9. The van der Waals surface area contributed by atoms with Gasteiger partial charge in [-0.2, -0.15) is 0 Å². The lowest BCUT2D eigenvalue weighted by Gasteiger charge is -2.24. The van der Waals surface area contributed by atoms with Gasteiger partial charge in [-0.1, -0.05) is 25.5 Å². The Morgan fingerprint density at radius 2 is 2.24 bits per heavy atom. The van der Waals surface area contributed by atoms with Crippen molar-refractivity contribution >= 4 is 0 Å². The van der Waals surface area contributed by atoms with Gasteiger partial charge in [0, 0.05) is 12.6 Å². The molecule has 3 heteroatoms. The number of aliphatic hydroxyl groups is 1. The molecule has 0 spiro atoms. The van der Waals surface area contributed by atoms with E-state index in [-0.39, 0.29) is 0 Å².